The van der Waals surface area contributed by atoms with E-state index in [1.165, 1.54) is 0 Å². The molecule has 8 heteroatoms. The molecule has 0 bridgehead atoms. The van der Waals surface area contributed by atoms with Gasteiger partial charge in [0.15, 0.2) is 12.6 Å². The monoisotopic (exact) mass is 477 g/mol. The number of rotatable bonds is 12. The van der Waals surface area contributed by atoms with Gasteiger partial charge in [0.2, 0.25) is 0 Å². The van der Waals surface area contributed by atoms with Gasteiger partial charge in [-0.05, 0) is 43.5 Å². The molecule has 1 unspecified atom stereocenters. The van der Waals surface area contributed by atoms with Crippen LogP contribution in [-0.4, -0.2) is 75.5 Å². The quantitative estimate of drug-likeness (QED) is 0.161. The molecule has 0 spiro atoms. The van der Waals surface area contributed by atoms with Crippen molar-refractivity contribution in [2.45, 2.75) is 49.0 Å². The summed E-state index contributed by atoms with van der Waals surface area (Å²) in [5.41, 5.74) is 4.30. The van der Waals surface area contributed by atoms with Crippen molar-refractivity contribution in [1.29, 1.82) is 0 Å². The highest BCUT2D eigenvalue weighted by molar-refractivity contribution is 8.00. The third-order valence-electron chi connectivity index (χ3n) is 5.52. The predicted octanol–water partition coefficient (Wildman–Crippen LogP) is 3.48. The van der Waals surface area contributed by atoms with Gasteiger partial charge in [-0.15, -0.1) is 11.8 Å². The van der Waals surface area contributed by atoms with Gasteiger partial charge in [-0.25, -0.2) is 0 Å². The molecule has 3 rings (SSSR count). The average molecular weight is 478 g/mol. The molecule has 0 amide bonds. The number of hydrogen-bond acceptors (Lipinski definition) is 8. The molecular formula is C25H35NO6S. The molecular weight excluding hydrogens is 442 g/mol. The fourth-order valence-corrected chi connectivity index (χ4v) is 4.92. The van der Waals surface area contributed by atoms with Gasteiger partial charge in [-0.3, -0.25) is 9.59 Å². The van der Waals surface area contributed by atoms with Crippen LogP contribution in [-0.2, 0) is 25.7 Å². The van der Waals surface area contributed by atoms with Gasteiger partial charge in [0.25, 0.3) is 0 Å². The lowest BCUT2D eigenvalue weighted by Gasteiger charge is -2.34. The lowest BCUT2D eigenvalue weighted by Crippen LogP contribution is -2.25. The van der Waals surface area contributed by atoms with Crippen LogP contribution in [0.3, 0.4) is 0 Å². The van der Waals surface area contributed by atoms with E-state index in [0.29, 0.717) is 38.4 Å². The van der Waals surface area contributed by atoms with Crippen LogP contribution >= 0.6 is 11.8 Å². The number of benzene rings is 1. The van der Waals surface area contributed by atoms with E-state index in [-0.39, 0.29) is 10.8 Å². The Morgan fingerprint density at radius 1 is 1.15 bits per heavy atom. The molecule has 1 aromatic carbocycles. The van der Waals surface area contributed by atoms with Crippen molar-refractivity contribution in [2.24, 2.45) is 0 Å². The number of carbonyl (C=O) groups excluding carboxylic acids is 2. The molecule has 1 aromatic rings. The maximum absolute atomic E-state index is 11.3. The van der Waals surface area contributed by atoms with Crippen LogP contribution in [0.5, 0.6) is 5.75 Å². The fraction of sp³-hybridized carbons (Fsp3) is 0.520. The third-order valence-corrected chi connectivity index (χ3v) is 6.72. The molecule has 0 aromatic heterocycles. The number of ether oxygens (including phenoxy) is 3. The Balaban J connectivity index is 0.00000187. The van der Waals surface area contributed by atoms with Crippen molar-refractivity contribution in [3.05, 3.63) is 40.5 Å². The fourth-order valence-electron chi connectivity index (χ4n) is 3.78. The van der Waals surface area contributed by atoms with E-state index in [1.807, 2.05) is 0 Å². The summed E-state index contributed by atoms with van der Waals surface area (Å²) in [6.45, 7) is 3.77. The lowest BCUT2D eigenvalue weighted by atomic mass is 9.98. The molecule has 1 N–H and O–H groups in total. The van der Waals surface area contributed by atoms with Crippen molar-refractivity contribution < 1.29 is 28.9 Å². The van der Waals surface area contributed by atoms with Crippen LogP contribution in [0.2, 0.25) is 0 Å². The molecule has 0 saturated heterocycles. The summed E-state index contributed by atoms with van der Waals surface area (Å²) in [7, 11) is 6.46. The molecule has 1 aliphatic carbocycles. The lowest BCUT2D eigenvalue weighted by molar-refractivity contribution is -0.109. The molecule has 0 radical (unpaired) electrons. The standard InChI is InChI=1S/C24H31NO5S.CH4O/c1-16-20(10-17(13-26)14-27)24(25(2)19-6-7-19)21-11-18(15-29-4)22(12-23(21)31-16)30-9-5-8-28-3;1-2/h10-14,16,19H,5-9,15H2,1-4H3;2H,1H3. The smallest absolute Gasteiger partial charge is 0.153 e. The first kappa shape index (κ1) is 27.1. The van der Waals surface area contributed by atoms with Crippen molar-refractivity contribution in [2.75, 3.05) is 41.6 Å². The van der Waals surface area contributed by atoms with Gasteiger partial charge < -0.3 is 24.2 Å². The van der Waals surface area contributed by atoms with Crippen molar-refractivity contribution in [1.82, 2.24) is 4.90 Å². The number of hydrogen-bond donors (Lipinski definition) is 1. The van der Waals surface area contributed by atoms with Crippen LogP contribution in [0, 0.1) is 0 Å². The number of methoxy groups -OCH3 is 2. The number of thioether (sulfide) groups is 1. The van der Waals surface area contributed by atoms with Gasteiger partial charge in [-0.2, -0.15) is 0 Å². The summed E-state index contributed by atoms with van der Waals surface area (Å²) >= 11 is 1.71. The number of aldehydes is 2. The van der Waals surface area contributed by atoms with Gasteiger partial charge in [0, 0.05) is 74.4 Å². The van der Waals surface area contributed by atoms with E-state index in [0.717, 1.165) is 59.4 Å². The van der Waals surface area contributed by atoms with E-state index in [4.69, 9.17) is 19.3 Å². The SMILES string of the molecule is CO.COCCCOc1cc2c(cc1COC)C(N(C)C1CC1)=C(C=C(C=O)C=O)C(C)S2. The van der Waals surface area contributed by atoms with Crippen LogP contribution in [0.1, 0.15) is 37.3 Å². The summed E-state index contributed by atoms with van der Waals surface area (Å²) in [4.78, 5) is 26.1. The Labute approximate surface area is 200 Å². The topological polar surface area (TPSA) is 85.3 Å². The van der Waals surface area contributed by atoms with Crippen LogP contribution in [0.4, 0.5) is 0 Å². The van der Waals surface area contributed by atoms with Crippen molar-refractivity contribution >= 4 is 30.0 Å². The van der Waals surface area contributed by atoms with E-state index >= 15 is 0 Å². The average Bonchev–Trinajstić information content (AvgIpc) is 3.67. The molecule has 1 heterocycles. The van der Waals surface area contributed by atoms with Crippen LogP contribution in [0.15, 0.2) is 34.3 Å². The first-order valence-corrected chi connectivity index (χ1v) is 11.9. The number of fused-ring (bicyclic) bond motifs is 1. The Morgan fingerprint density at radius 3 is 2.42 bits per heavy atom. The third kappa shape index (κ3) is 6.93. The van der Waals surface area contributed by atoms with Gasteiger partial charge in [0.05, 0.1) is 18.8 Å². The maximum Gasteiger partial charge on any atom is 0.153 e. The first-order chi connectivity index (χ1) is 16.0. The zero-order chi connectivity index (χ0) is 24.4. The van der Waals surface area contributed by atoms with Crippen LogP contribution in [0.25, 0.3) is 5.70 Å². The Bertz CT molecular complexity index is 868. The predicted molar refractivity (Wildman–Crippen MR) is 131 cm³/mol. The zero-order valence-electron chi connectivity index (χ0n) is 20.1. The zero-order valence-corrected chi connectivity index (χ0v) is 20.9. The summed E-state index contributed by atoms with van der Waals surface area (Å²) in [6, 6.07) is 4.71. The van der Waals surface area contributed by atoms with Crippen molar-refractivity contribution in [3.8, 4) is 5.75 Å². The maximum atomic E-state index is 11.3. The molecule has 33 heavy (non-hydrogen) atoms. The molecule has 7 nitrogen and oxygen atoms in total. The normalized spacial score (nSPS) is 16.8. The molecule has 1 saturated carbocycles. The highest BCUT2D eigenvalue weighted by Crippen LogP contribution is 2.48. The van der Waals surface area contributed by atoms with Gasteiger partial charge in [0.1, 0.15) is 5.75 Å². The summed E-state index contributed by atoms with van der Waals surface area (Å²) in [5, 5.41) is 7.09. The number of aliphatic hydroxyl groups excluding tert-OH is 1. The first-order valence-electron chi connectivity index (χ1n) is 11.0. The Hall–Kier alpha value is -2.13. The summed E-state index contributed by atoms with van der Waals surface area (Å²) < 4.78 is 16.6. The van der Waals surface area contributed by atoms with Crippen molar-refractivity contribution in [3.63, 3.8) is 0 Å². The van der Waals surface area contributed by atoms with E-state index < -0.39 is 0 Å². The number of aliphatic hydroxyl groups is 1. The van der Waals surface area contributed by atoms with Crippen LogP contribution < -0.4 is 4.74 Å². The second-order valence-corrected chi connectivity index (χ2v) is 9.25. The largest absolute Gasteiger partial charge is 0.493 e. The van der Waals surface area contributed by atoms with E-state index in [1.54, 1.807) is 32.1 Å². The Morgan fingerprint density at radius 2 is 1.85 bits per heavy atom. The van der Waals surface area contributed by atoms with Gasteiger partial charge >= 0.3 is 0 Å². The molecule has 1 fully saturated rings. The number of nitrogens with zero attached hydrogens (tertiary/aromatic N) is 1. The minimum Gasteiger partial charge on any atom is -0.493 e. The molecule has 1 aliphatic heterocycles. The number of carbonyl (C=O) groups is 2. The van der Waals surface area contributed by atoms with Gasteiger partial charge in [-0.1, -0.05) is 0 Å². The highest BCUT2D eigenvalue weighted by Gasteiger charge is 2.34. The minimum atomic E-state index is 0.0909. The molecule has 1 atom stereocenters. The molecule has 2 aliphatic rings. The minimum absolute atomic E-state index is 0.0909. The summed E-state index contributed by atoms with van der Waals surface area (Å²) in [6.07, 6.45) is 6.08. The number of allylic oxidation sites excluding steroid dienone is 2. The second kappa shape index (κ2) is 13.5. The van der Waals surface area contributed by atoms with E-state index in [9.17, 15) is 9.59 Å². The molecule has 182 valence electrons. The second-order valence-electron chi connectivity index (χ2n) is 7.87. The highest BCUT2D eigenvalue weighted by atomic mass is 32.2. The summed E-state index contributed by atoms with van der Waals surface area (Å²) in [5.74, 6) is 0.824. The Kier molecular flexibility index (Phi) is 11.1. The van der Waals surface area contributed by atoms with E-state index in [2.05, 4.69) is 31.0 Å².